The first-order valence-electron chi connectivity index (χ1n) is 10.8. The van der Waals surface area contributed by atoms with Crippen molar-refractivity contribution in [2.75, 3.05) is 20.2 Å². The van der Waals surface area contributed by atoms with Crippen LogP contribution >= 0.6 is 0 Å². The van der Waals surface area contributed by atoms with E-state index in [4.69, 9.17) is 13.9 Å². The highest BCUT2D eigenvalue weighted by atomic mass is 16.6. The number of ether oxygens (including phenoxy) is 2. The number of nitrogens with one attached hydrogen (secondary N) is 2. The summed E-state index contributed by atoms with van der Waals surface area (Å²) in [6.45, 7) is 5.88. The van der Waals surface area contributed by atoms with Gasteiger partial charge in [0.05, 0.1) is 18.3 Å². The van der Waals surface area contributed by atoms with Crippen molar-refractivity contribution in [3.63, 3.8) is 0 Å². The zero-order valence-corrected chi connectivity index (χ0v) is 19.3. The van der Waals surface area contributed by atoms with Crippen molar-refractivity contribution in [2.24, 2.45) is 0 Å². The van der Waals surface area contributed by atoms with Crippen LogP contribution < -0.4 is 15.4 Å². The second kappa shape index (κ2) is 10.3. The van der Waals surface area contributed by atoms with E-state index in [9.17, 15) is 14.4 Å². The Labute approximate surface area is 191 Å². The summed E-state index contributed by atoms with van der Waals surface area (Å²) in [5.41, 5.74) is 1.49. The lowest BCUT2D eigenvalue weighted by molar-refractivity contribution is -0.120. The summed E-state index contributed by atoms with van der Waals surface area (Å²) in [6, 6.07) is 7.20. The van der Waals surface area contributed by atoms with Crippen LogP contribution in [0.3, 0.4) is 0 Å². The molecule has 0 aliphatic carbocycles. The van der Waals surface area contributed by atoms with E-state index in [1.165, 1.54) is 0 Å². The molecule has 0 aliphatic rings. The van der Waals surface area contributed by atoms with Crippen molar-refractivity contribution >= 4 is 40.2 Å². The largest absolute Gasteiger partial charge is 0.476 e. The van der Waals surface area contributed by atoms with Crippen LogP contribution in [0.5, 0.6) is 5.88 Å². The highest BCUT2D eigenvalue weighted by Gasteiger charge is 2.20. The van der Waals surface area contributed by atoms with Crippen molar-refractivity contribution in [3.8, 4) is 5.88 Å². The lowest BCUT2D eigenvalue weighted by atomic mass is 9.93. The van der Waals surface area contributed by atoms with Crippen molar-refractivity contribution < 1.29 is 28.3 Å². The van der Waals surface area contributed by atoms with E-state index in [1.54, 1.807) is 46.2 Å². The smallest absolute Gasteiger partial charge is 0.407 e. The molecule has 0 fully saturated rings. The Morgan fingerprint density at radius 3 is 2.70 bits per heavy atom. The van der Waals surface area contributed by atoms with Gasteiger partial charge in [-0.3, -0.25) is 4.79 Å². The Bertz CT molecular complexity index is 1150. The molecular formula is C24H29N3O6. The van der Waals surface area contributed by atoms with Gasteiger partial charge >= 0.3 is 6.09 Å². The molecule has 1 unspecified atom stereocenters. The summed E-state index contributed by atoms with van der Waals surface area (Å²) < 4.78 is 16.5. The first kappa shape index (κ1) is 24.0. The van der Waals surface area contributed by atoms with Crippen LogP contribution in [0.1, 0.15) is 45.1 Å². The fourth-order valence-corrected chi connectivity index (χ4v) is 3.43. The molecule has 176 valence electrons. The number of amides is 2. The van der Waals surface area contributed by atoms with Gasteiger partial charge in [0.1, 0.15) is 24.1 Å². The van der Waals surface area contributed by atoms with Gasteiger partial charge in [-0.25, -0.2) is 9.78 Å². The summed E-state index contributed by atoms with van der Waals surface area (Å²) in [4.78, 5) is 39.6. The van der Waals surface area contributed by atoms with Gasteiger partial charge < -0.3 is 29.3 Å². The second-order valence-corrected chi connectivity index (χ2v) is 8.58. The van der Waals surface area contributed by atoms with E-state index in [0.29, 0.717) is 23.4 Å². The van der Waals surface area contributed by atoms with Crippen LogP contribution in [0.15, 0.2) is 34.9 Å². The lowest BCUT2D eigenvalue weighted by Gasteiger charge is -2.19. The van der Waals surface area contributed by atoms with Gasteiger partial charge in [0, 0.05) is 41.8 Å². The van der Waals surface area contributed by atoms with E-state index >= 15 is 0 Å². The van der Waals surface area contributed by atoms with E-state index in [-0.39, 0.29) is 25.5 Å². The maximum absolute atomic E-state index is 11.8. The number of aldehydes is 1. The number of carbonyl (C=O) groups excluding carboxylic acids is 3. The van der Waals surface area contributed by atoms with Crippen LogP contribution in [-0.4, -0.2) is 49.1 Å². The molecule has 2 aromatic heterocycles. The minimum Gasteiger partial charge on any atom is -0.476 e. The van der Waals surface area contributed by atoms with Crippen molar-refractivity contribution in [1.29, 1.82) is 0 Å². The monoisotopic (exact) mass is 455 g/mol. The maximum atomic E-state index is 11.8. The van der Waals surface area contributed by atoms with Crippen LogP contribution in [0.4, 0.5) is 4.79 Å². The summed E-state index contributed by atoms with van der Waals surface area (Å²) in [7, 11) is 1.57. The number of rotatable bonds is 9. The lowest BCUT2D eigenvalue weighted by Crippen LogP contribution is -2.34. The molecule has 0 saturated heterocycles. The van der Waals surface area contributed by atoms with Crippen LogP contribution in [0, 0.1) is 0 Å². The van der Waals surface area contributed by atoms with Gasteiger partial charge in [0.25, 0.3) is 0 Å². The molecule has 2 amide bonds. The number of benzene rings is 1. The molecule has 0 saturated carbocycles. The number of hydrogen-bond acceptors (Lipinski definition) is 7. The predicted octanol–water partition coefficient (Wildman–Crippen LogP) is 3.69. The molecule has 3 rings (SSSR count). The zero-order chi connectivity index (χ0) is 24.0. The topological polar surface area (TPSA) is 120 Å². The van der Waals surface area contributed by atoms with Gasteiger partial charge in [-0.15, -0.1) is 0 Å². The number of furan rings is 1. The Morgan fingerprint density at radius 1 is 1.21 bits per heavy atom. The molecule has 1 aromatic carbocycles. The molecule has 3 aromatic rings. The Balaban J connectivity index is 1.73. The molecular weight excluding hydrogens is 426 g/mol. The number of alkyl carbamates (subject to hydrolysis) is 1. The molecule has 33 heavy (non-hydrogen) atoms. The average Bonchev–Trinajstić information content (AvgIpc) is 3.20. The second-order valence-electron chi connectivity index (χ2n) is 8.58. The van der Waals surface area contributed by atoms with E-state index < -0.39 is 17.6 Å². The number of pyridine rings is 1. The molecule has 1 atom stereocenters. The maximum Gasteiger partial charge on any atom is 0.407 e. The van der Waals surface area contributed by atoms with Crippen LogP contribution in [-0.2, 0) is 14.3 Å². The quantitative estimate of drug-likeness (QED) is 0.373. The van der Waals surface area contributed by atoms with Gasteiger partial charge in [0.2, 0.25) is 11.8 Å². The SMILES string of the molecule is CNC(=O)CCC(C=O)c1coc2ccc3nc(OCCNC(=O)OC(C)(C)C)ccc3c12. The van der Waals surface area contributed by atoms with Gasteiger partial charge in [-0.2, -0.15) is 0 Å². The molecule has 2 heterocycles. The van der Waals surface area contributed by atoms with Crippen LogP contribution in [0.2, 0.25) is 0 Å². The molecule has 0 spiro atoms. The molecule has 0 aliphatic heterocycles. The minimum atomic E-state index is -0.562. The molecule has 9 heteroatoms. The third-order valence-corrected chi connectivity index (χ3v) is 4.95. The number of nitrogens with zero attached hydrogens (tertiary/aromatic N) is 1. The van der Waals surface area contributed by atoms with Gasteiger partial charge in [0.15, 0.2) is 0 Å². The highest BCUT2D eigenvalue weighted by molar-refractivity contribution is 6.07. The first-order valence-corrected chi connectivity index (χ1v) is 10.8. The Morgan fingerprint density at radius 2 is 2.00 bits per heavy atom. The number of fused-ring (bicyclic) bond motifs is 3. The summed E-state index contributed by atoms with van der Waals surface area (Å²) >= 11 is 0. The molecule has 0 radical (unpaired) electrons. The number of carbonyl (C=O) groups is 3. The molecule has 0 bridgehead atoms. The minimum absolute atomic E-state index is 0.121. The normalized spacial score (nSPS) is 12.4. The summed E-state index contributed by atoms with van der Waals surface area (Å²) in [5.74, 6) is -0.183. The fraction of sp³-hybridized carbons (Fsp3) is 0.417. The zero-order valence-electron chi connectivity index (χ0n) is 19.3. The number of aromatic nitrogens is 1. The van der Waals surface area contributed by atoms with Crippen molar-refractivity contribution in [1.82, 2.24) is 15.6 Å². The van der Waals surface area contributed by atoms with Gasteiger partial charge in [-0.1, -0.05) is 0 Å². The van der Waals surface area contributed by atoms with E-state index in [2.05, 4.69) is 15.6 Å². The summed E-state index contributed by atoms with van der Waals surface area (Å²) in [6.07, 6.45) is 2.53. The van der Waals surface area contributed by atoms with Crippen molar-refractivity contribution in [3.05, 3.63) is 36.1 Å². The highest BCUT2D eigenvalue weighted by Crippen LogP contribution is 2.35. The molecule has 9 nitrogen and oxygen atoms in total. The van der Waals surface area contributed by atoms with E-state index in [1.807, 2.05) is 12.1 Å². The van der Waals surface area contributed by atoms with Gasteiger partial charge in [-0.05, 0) is 45.4 Å². The third-order valence-electron chi connectivity index (χ3n) is 4.95. The average molecular weight is 456 g/mol. The number of hydrogen-bond donors (Lipinski definition) is 2. The van der Waals surface area contributed by atoms with E-state index in [0.717, 1.165) is 22.6 Å². The predicted molar refractivity (Wildman–Crippen MR) is 123 cm³/mol. The fourth-order valence-electron chi connectivity index (χ4n) is 3.43. The Hall–Kier alpha value is -3.62. The third kappa shape index (κ3) is 6.21. The molecule has 2 N–H and O–H groups in total. The first-order chi connectivity index (χ1) is 15.7. The van der Waals surface area contributed by atoms with Crippen molar-refractivity contribution in [2.45, 2.75) is 45.1 Å². The Kier molecular flexibility index (Phi) is 7.52. The summed E-state index contributed by atoms with van der Waals surface area (Å²) in [5, 5.41) is 6.82. The standard InChI is InChI=1S/C24H29N3O6/c1-24(2,3)33-23(30)26-11-12-31-21-10-6-16-18(27-21)7-8-19-22(16)17(14-32-19)15(13-28)5-9-20(29)25-4/h6-8,10,13-15H,5,9,11-12H2,1-4H3,(H,25,29)(H,26,30). The van der Waals surface area contributed by atoms with Crippen LogP contribution in [0.25, 0.3) is 21.9 Å².